The summed E-state index contributed by atoms with van der Waals surface area (Å²) in [6.07, 6.45) is 5.67. The lowest BCUT2D eigenvalue weighted by Gasteiger charge is -2.23. The van der Waals surface area contributed by atoms with Gasteiger partial charge in [-0.15, -0.1) is 0 Å². The van der Waals surface area contributed by atoms with E-state index in [4.69, 9.17) is 4.52 Å². The molecule has 1 saturated carbocycles. The average molecular weight is 470 g/mol. The summed E-state index contributed by atoms with van der Waals surface area (Å²) < 4.78 is 6.44. The molecule has 10 heteroatoms. The first-order valence-electron chi connectivity index (χ1n) is 11.1. The Kier molecular flexibility index (Phi) is 7.43. The lowest BCUT2D eigenvalue weighted by molar-refractivity contribution is -0.122. The van der Waals surface area contributed by atoms with Crippen LogP contribution in [-0.2, 0) is 16.1 Å². The van der Waals surface area contributed by atoms with Gasteiger partial charge in [0.25, 0.3) is 5.56 Å². The summed E-state index contributed by atoms with van der Waals surface area (Å²) in [7, 11) is 0. The van der Waals surface area contributed by atoms with E-state index in [0.717, 1.165) is 37.4 Å². The molecule has 0 saturated heterocycles. The van der Waals surface area contributed by atoms with Crippen molar-refractivity contribution in [1.29, 1.82) is 0 Å². The Morgan fingerprint density at radius 2 is 1.97 bits per heavy atom. The van der Waals surface area contributed by atoms with Gasteiger partial charge < -0.3 is 15.2 Å². The quantitative estimate of drug-likeness (QED) is 0.384. The smallest absolute Gasteiger partial charge is 0.262 e. The third-order valence-corrected chi connectivity index (χ3v) is 6.56. The van der Waals surface area contributed by atoms with E-state index in [1.807, 2.05) is 6.07 Å². The van der Waals surface area contributed by atoms with Crippen molar-refractivity contribution < 1.29 is 14.1 Å². The zero-order valence-electron chi connectivity index (χ0n) is 18.5. The third kappa shape index (κ3) is 6.01. The summed E-state index contributed by atoms with van der Waals surface area (Å²) in [5.41, 5.74) is 0.335. The zero-order chi connectivity index (χ0) is 23.2. The minimum Gasteiger partial charge on any atom is -0.360 e. The van der Waals surface area contributed by atoms with Crippen molar-refractivity contribution in [1.82, 2.24) is 20.0 Å². The van der Waals surface area contributed by atoms with Gasteiger partial charge in [0.2, 0.25) is 11.8 Å². The summed E-state index contributed by atoms with van der Waals surface area (Å²) in [4.78, 5) is 42.6. The number of hydrogen-bond acceptors (Lipinski definition) is 7. The number of rotatable bonds is 8. The van der Waals surface area contributed by atoms with Gasteiger partial charge in [0.05, 0.1) is 16.7 Å². The van der Waals surface area contributed by atoms with Crippen LogP contribution in [0.2, 0.25) is 0 Å². The molecule has 0 aliphatic heterocycles. The maximum Gasteiger partial charge on any atom is 0.262 e. The number of benzene rings is 1. The van der Waals surface area contributed by atoms with E-state index in [-0.39, 0.29) is 42.1 Å². The van der Waals surface area contributed by atoms with Crippen molar-refractivity contribution in [2.75, 3.05) is 11.1 Å². The van der Waals surface area contributed by atoms with E-state index >= 15 is 0 Å². The SMILES string of the molecule is Cc1cc(NC(=O)CSc2nc3ccccc3c(=O)n2CCC(=O)NC2CCCCC2)no1. The molecule has 2 heterocycles. The summed E-state index contributed by atoms with van der Waals surface area (Å²) in [6, 6.07) is 8.92. The summed E-state index contributed by atoms with van der Waals surface area (Å²) in [5.74, 6) is 0.593. The van der Waals surface area contributed by atoms with E-state index in [9.17, 15) is 14.4 Å². The second kappa shape index (κ2) is 10.7. The zero-order valence-corrected chi connectivity index (χ0v) is 19.3. The Morgan fingerprint density at radius 1 is 1.18 bits per heavy atom. The Hall–Kier alpha value is -3.14. The summed E-state index contributed by atoms with van der Waals surface area (Å²) >= 11 is 1.15. The molecule has 3 aromatic rings. The molecule has 2 N–H and O–H groups in total. The van der Waals surface area contributed by atoms with Gasteiger partial charge >= 0.3 is 0 Å². The third-order valence-electron chi connectivity index (χ3n) is 5.59. The van der Waals surface area contributed by atoms with Crippen LogP contribution in [0.1, 0.15) is 44.3 Å². The molecule has 0 unspecified atom stereocenters. The van der Waals surface area contributed by atoms with Gasteiger partial charge in [-0.25, -0.2) is 4.98 Å². The van der Waals surface area contributed by atoms with Crippen molar-refractivity contribution in [2.24, 2.45) is 0 Å². The fourth-order valence-electron chi connectivity index (χ4n) is 3.95. The van der Waals surface area contributed by atoms with Crippen LogP contribution in [0.15, 0.2) is 44.8 Å². The normalized spacial score (nSPS) is 14.3. The Morgan fingerprint density at radius 3 is 2.73 bits per heavy atom. The van der Waals surface area contributed by atoms with E-state index in [0.29, 0.717) is 27.6 Å². The lowest BCUT2D eigenvalue weighted by Crippen LogP contribution is -2.37. The standard InChI is InChI=1S/C23H27N5O4S/c1-15-13-19(27-32-15)26-21(30)14-33-23-25-18-10-6-5-9-17(18)22(31)28(23)12-11-20(29)24-16-7-3-2-4-8-16/h5-6,9-10,13,16H,2-4,7-8,11-12,14H2,1H3,(H,24,29)(H,26,27,30). The molecule has 2 aromatic heterocycles. The van der Waals surface area contributed by atoms with E-state index in [1.54, 1.807) is 31.2 Å². The van der Waals surface area contributed by atoms with Gasteiger partial charge in [-0.1, -0.05) is 48.3 Å². The molecule has 2 amide bonds. The predicted molar refractivity (Wildman–Crippen MR) is 126 cm³/mol. The number of para-hydroxylation sites is 1. The molecule has 33 heavy (non-hydrogen) atoms. The van der Waals surface area contributed by atoms with Crippen molar-refractivity contribution in [3.05, 3.63) is 46.4 Å². The van der Waals surface area contributed by atoms with Gasteiger partial charge in [0, 0.05) is 25.1 Å². The molecule has 4 rings (SSSR count). The number of nitrogens with zero attached hydrogens (tertiary/aromatic N) is 3. The molecule has 1 aromatic carbocycles. The topological polar surface area (TPSA) is 119 Å². The molecule has 1 aliphatic carbocycles. The number of fused-ring (bicyclic) bond motifs is 1. The number of thioether (sulfide) groups is 1. The van der Waals surface area contributed by atoms with Crippen LogP contribution in [0.25, 0.3) is 10.9 Å². The molecule has 9 nitrogen and oxygen atoms in total. The number of aryl methyl sites for hydroxylation is 1. The Balaban J connectivity index is 1.47. The molecule has 0 radical (unpaired) electrons. The Labute approximate surface area is 195 Å². The molecule has 0 bridgehead atoms. The van der Waals surface area contributed by atoms with Gasteiger partial charge in [-0.3, -0.25) is 19.0 Å². The highest BCUT2D eigenvalue weighted by Gasteiger charge is 2.18. The van der Waals surface area contributed by atoms with Crippen molar-refractivity contribution in [3.63, 3.8) is 0 Å². The molecular weight excluding hydrogens is 442 g/mol. The number of hydrogen-bond donors (Lipinski definition) is 2. The van der Waals surface area contributed by atoms with Gasteiger partial charge in [0.1, 0.15) is 5.76 Å². The van der Waals surface area contributed by atoms with Crippen LogP contribution in [0, 0.1) is 6.92 Å². The first-order valence-corrected chi connectivity index (χ1v) is 12.1. The predicted octanol–water partition coefficient (Wildman–Crippen LogP) is 3.26. The van der Waals surface area contributed by atoms with Crippen molar-refractivity contribution >= 4 is 40.3 Å². The highest BCUT2D eigenvalue weighted by molar-refractivity contribution is 7.99. The van der Waals surface area contributed by atoms with Gasteiger partial charge in [-0.05, 0) is 31.9 Å². The summed E-state index contributed by atoms with van der Waals surface area (Å²) in [6.45, 7) is 1.93. The fourth-order valence-corrected chi connectivity index (χ4v) is 4.77. The van der Waals surface area contributed by atoms with Crippen LogP contribution < -0.4 is 16.2 Å². The maximum absolute atomic E-state index is 13.1. The van der Waals surface area contributed by atoms with Crippen LogP contribution >= 0.6 is 11.8 Å². The Bertz CT molecular complexity index is 1200. The van der Waals surface area contributed by atoms with Crippen molar-refractivity contribution in [2.45, 2.75) is 63.2 Å². The molecule has 0 atom stereocenters. The van der Waals surface area contributed by atoms with Crippen LogP contribution in [0.5, 0.6) is 0 Å². The second-order valence-corrected chi connectivity index (χ2v) is 9.12. The van der Waals surface area contributed by atoms with Crippen LogP contribution in [-0.4, -0.2) is 38.3 Å². The largest absolute Gasteiger partial charge is 0.360 e. The van der Waals surface area contributed by atoms with Crippen LogP contribution in [0.4, 0.5) is 5.82 Å². The number of amides is 2. The highest BCUT2D eigenvalue weighted by atomic mass is 32.2. The maximum atomic E-state index is 13.1. The molecular formula is C23H27N5O4S. The number of aromatic nitrogens is 3. The lowest BCUT2D eigenvalue weighted by atomic mass is 9.95. The fraction of sp³-hybridized carbons (Fsp3) is 0.435. The van der Waals surface area contributed by atoms with E-state index < -0.39 is 0 Å². The highest BCUT2D eigenvalue weighted by Crippen LogP contribution is 2.20. The minimum absolute atomic E-state index is 0.0327. The molecule has 0 spiro atoms. The van der Waals surface area contributed by atoms with Crippen LogP contribution in [0.3, 0.4) is 0 Å². The number of nitrogens with one attached hydrogen (secondary N) is 2. The number of carbonyl (C=O) groups is 2. The van der Waals surface area contributed by atoms with E-state index in [2.05, 4.69) is 20.8 Å². The van der Waals surface area contributed by atoms with E-state index in [1.165, 1.54) is 11.0 Å². The van der Waals surface area contributed by atoms with Gasteiger partial charge in [0.15, 0.2) is 11.0 Å². The number of anilines is 1. The average Bonchev–Trinajstić information content (AvgIpc) is 3.22. The molecule has 1 fully saturated rings. The molecule has 174 valence electrons. The molecule has 1 aliphatic rings. The van der Waals surface area contributed by atoms with Gasteiger partial charge in [-0.2, -0.15) is 0 Å². The minimum atomic E-state index is -0.294. The first kappa shape index (κ1) is 23.0. The second-order valence-electron chi connectivity index (χ2n) is 8.18. The first-order chi connectivity index (χ1) is 16.0. The number of carbonyl (C=O) groups excluding carboxylic acids is 2. The van der Waals surface area contributed by atoms with Crippen molar-refractivity contribution in [3.8, 4) is 0 Å². The monoisotopic (exact) mass is 469 g/mol. The summed E-state index contributed by atoms with van der Waals surface area (Å²) in [5, 5.41) is 10.4.